The maximum atomic E-state index is 10.7. The highest BCUT2D eigenvalue weighted by Crippen LogP contribution is 2.12. The van der Waals surface area contributed by atoms with Crippen LogP contribution in [0.2, 0.25) is 5.02 Å². The van der Waals surface area contributed by atoms with E-state index in [4.69, 9.17) is 16.7 Å². The van der Waals surface area contributed by atoms with Crippen LogP contribution in [0.5, 0.6) is 0 Å². The Hall–Kier alpha value is -1.06. The molecule has 16 heavy (non-hydrogen) atoms. The van der Waals surface area contributed by atoms with Crippen molar-refractivity contribution in [2.75, 3.05) is 0 Å². The smallest absolute Gasteiger partial charge is 0.320 e. The van der Waals surface area contributed by atoms with Gasteiger partial charge in [0, 0.05) is 11.1 Å². The number of hydrogen-bond acceptors (Lipinski definition) is 2. The summed E-state index contributed by atoms with van der Waals surface area (Å²) in [6, 6.07) is 7.16. The van der Waals surface area contributed by atoms with Crippen LogP contribution in [-0.4, -0.2) is 23.2 Å². The lowest BCUT2D eigenvalue weighted by atomic mass is 10.1. The third-order valence-corrected chi connectivity index (χ3v) is 2.57. The molecule has 2 atom stereocenters. The van der Waals surface area contributed by atoms with Gasteiger partial charge in [0.25, 0.3) is 0 Å². The molecule has 0 saturated heterocycles. The van der Waals surface area contributed by atoms with Gasteiger partial charge in [-0.1, -0.05) is 23.7 Å². The van der Waals surface area contributed by atoms with Gasteiger partial charge in [-0.15, -0.1) is 0 Å². The zero-order valence-corrected chi connectivity index (χ0v) is 10.2. The molecule has 0 aliphatic heterocycles. The number of aliphatic carboxylic acids is 1. The maximum Gasteiger partial charge on any atom is 0.320 e. The van der Waals surface area contributed by atoms with Gasteiger partial charge in [-0.2, -0.15) is 0 Å². The van der Waals surface area contributed by atoms with E-state index in [-0.39, 0.29) is 6.04 Å². The third-order valence-electron chi connectivity index (χ3n) is 2.34. The van der Waals surface area contributed by atoms with Crippen molar-refractivity contribution >= 4 is 17.6 Å². The Bertz CT molecular complexity index is 368. The molecule has 0 spiro atoms. The van der Waals surface area contributed by atoms with Crippen LogP contribution in [0.3, 0.4) is 0 Å². The van der Waals surface area contributed by atoms with Gasteiger partial charge in [0.2, 0.25) is 0 Å². The molecule has 88 valence electrons. The SMILES string of the molecule is CC(Cc1cccc(Cl)c1)N[C@H](C)C(=O)O. The average Bonchev–Trinajstić information content (AvgIpc) is 2.16. The molecule has 0 radical (unpaired) electrons. The standard InChI is InChI=1S/C12H16ClNO2/c1-8(14-9(2)12(15)16)6-10-4-3-5-11(13)7-10/h3-5,7-9,14H,6H2,1-2H3,(H,15,16)/t8?,9-/m1/s1. The minimum atomic E-state index is -0.835. The Morgan fingerprint density at radius 2 is 2.19 bits per heavy atom. The molecule has 0 heterocycles. The number of benzene rings is 1. The van der Waals surface area contributed by atoms with E-state index in [1.165, 1.54) is 0 Å². The van der Waals surface area contributed by atoms with Gasteiger partial charge in [-0.3, -0.25) is 4.79 Å². The number of nitrogens with one attached hydrogen (secondary N) is 1. The fourth-order valence-corrected chi connectivity index (χ4v) is 1.79. The van der Waals surface area contributed by atoms with Crippen LogP contribution in [0.25, 0.3) is 0 Å². The monoisotopic (exact) mass is 241 g/mol. The molecule has 0 bridgehead atoms. The minimum absolute atomic E-state index is 0.101. The van der Waals surface area contributed by atoms with Gasteiger partial charge in [-0.05, 0) is 38.0 Å². The highest BCUT2D eigenvalue weighted by Gasteiger charge is 2.13. The van der Waals surface area contributed by atoms with E-state index in [2.05, 4.69) is 5.32 Å². The Morgan fingerprint density at radius 1 is 1.50 bits per heavy atom. The molecule has 1 aromatic carbocycles. The number of carboxylic acid groups (broad SMARTS) is 1. The van der Waals surface area contributed by atoms with Crippen molar-refractivity contribution in [3.05, 3.63) is 34.9 Å². The van der Waals surface area contributed by atoms with Crippen molar-refractivity contribution in [3.63, 3.8) is 0 Å². The van der Waals surface area contributed by atoms with Crippen molar-refractivity contribution in [2.45, 2.75) is 32.4 Å². The molecule has 2 N–H and O–H groups in total. The number of carbonyl (C=O) groups is 1. The zero-order chi connectivity index (χ0) is 12.1. The molecular weight excluding hydrogens is 226 g/mol. The van der Waals surface area contributed by atoms with E-state index in [1.54, 1.807) is 6.92 Å². The van der Waals surface area contributed by atoms with E-state index in [0.29, 0.717) is 5.02 Å². The molecule has 1 rings (SSSR count). The van der Waals surface area contributed by atoms with Crippen LogP contribution in [0.4, 0.5) is 0 Å². The summed E-state index contributed by atoms with van der Waals surface area (Å²) < 4.78 is 0. The maximum absolute atomic E-state index is 10.7. The van der Waals surface area contributed by atoms with Crippen molar-refractivity contribution in [1.29, 1.82) is 0 Å². The highest BCUT2D eigenvalue weighted by atomic mass is 35.5. The zero-order valence-electron chi connectivity index (χ0n) is 9.40. The molecule has 1 aromatic rings. The first kappa shape index (κ1) is 13.0. The number of halogens is 1. The van der Waals surface area contributed by atoms with Gasteiger partial charge >= 0.3 is 5.97 Å². The Morgan fingerprint density at radius 3 is 2.75 bits per heavy atom. The second-order valence-corrected chi connectivity index (χ2v) is 4.40. The summed E-state index contributed by atoms with van der Waals surface area (Å²) >= 11 is 5.87. The third kappa shape index (κ3) is 4.21. The quantitative estimate of drug-likeness (QED) is 0.832. The van der Waals surface area contributed by atoms with Crippen LogP contribution in [0, 0.1) is 0 Å². The van der Waals surface area contributed by atoms with Crippen LogP contribution in [-0.2, 0) is 11.2 Å². The van der Waals surface area contributed by atoms with Gasteiger partial charge in [0.1, 0.15) is 6.04 Å². The molecular formula is C12H16ClNO2. The summed E-state index contributed by atoms with van der Waals surface area (Å²) in [5.74, 6) is -0.835. The summed E-state index contributed by atoms with van der Waals surface area (Å²) in [4.78, 5) is 10.7. The van der Waals surface area contributed by atoms with E-state index >= 15 is 0 Å². The Kier molecular flexibility index (Phi) is 4.77. The normalized spacial score (nSPS) is 14.4. The first-order chi connectivity index (χ1) is 7.49. The van der Waals surface area contributed by atoms with E-state index < -0.39 is 12.0 Å². The molecule has 0 aliphatic rings. The summed E-state index contributed by atoms with van der Waals surface area (Å²) in [6.45, 7) is 3.59. The predicted octanol–water partition coefficient (Wildman–Crippen LogP) is 2.33. The van der Waals surface area contributed by atoms with Gasteiger partial charge in [-0.25, -0.2) is 0 Å². The van der Waals surface area contributed by atoms with Gasteiger partial charge in [0.05, 0.1) is 0 Å². The first-order valence-corrected chi connectivity index (χ1v) is 5.60. The van der Waals surface area contributed by atoms with Crippen molar-refractivity contribution < 1.29 is 9.90 Å². The molecule has 0 amide bonds. The first-order valence-electron chi connectivity index (χ1n) is 5.22. The van der Waals surface area contributed by atoms with Gasteiger partial charge in [0.15, 0.2) is 0 Å². The predicted molar refractivity (Wildman–Crippen MR) is 64.9 cm³/mol. The fourth-order valence-electron chi connectivity index (χ4n) is 1.57. The van der Waals surface area contributed by atoms with Crippen LogP contribution >= 0.6 is 11.6 Å². The minimum Gasteiger partial charge on any atom is -0.480 e. The second kappa shape index (κ2) is 5.87. The molecule has 0 aliphatic carbocycles. The molecule has 4 heteroatoms. The van der Waals surface area contributed by atoms with Crippen molar-refractivity contribution in [1.82, 2.24) is 5.32 Å². The molecule has 1 unspecified atom stereocenters. The lowest BCUT2D eigenvalue weighted by Gasteiger charge is -2.17. The second-order valence-electron chi connectivity index (χ2n) is 3.96. The van der Waals surface area contributed by atoms with Crippen LogP contribution in [0.15, 0.2) is 24.3 Å². The fraction of sp³-hybridized carbons (Fsp3) is 0.417. The Labute approximate surface area is 100 Å². The largest absolute Gasteiger partial charge is 0.480 e. The summed E-state index contributed by atoms with van der Waals surface area (Å²) in [5, 5.41) is 12.5. The molecule has 0 aromatic heterocycles. The lowest BCUT2D eigenvalue weighted by molar-refractivity contribution is -0.139. The molecule has 3 nitrogen and oxygen atoms in total. The highest BCUT2D eigenvalue weighted by molar-refractivity contribution is 6.30. The van der Waals surface area contributed by atoms with Crippen molar-refractivity contribution in [2.24, 2.45) is 0 Å². The number of hydrogen-bond donors (Lipinski definition) is 2. The average molecular weight is 242 g/mol. The topological polar surface area (TPSA) is 49.3 Å². The van der Waals surface area contributed by atoms with Gasteiger partial charge < -0.3 is 10.4 Å². The Balaban J connectivity index is 2.51. The van der Waals surface area contributed by atoms with Crippen LogP contribution < -0.4 is 5.32 Å². The lowest BCUT2D eigenvalue weighted by Crippen LogP contribution is -2.40. The van der Waals surface area contributed by atoms with Crippen molar-refractivity contribution in [3.8, 4) is 0 Å². The summed E-state index contributed by atoms with van der Waals surface area (Å²) in [7, 11) is 0. The summed E-state index contributed by atoms with van der Waals surface area (Å²) in [5.41, 5.74) is 1.10. The number of rotatable bonds is 5. The summed E-state index contributed by atoms with van der Waals surface area (Å²) in [6.07, 6.45) is 0.762. The van der Waals surface area contributed by atoms with E-state index in [1.807, 2.05) is 31.2 Å². The van der Waals surface area contributed by atoms with E-state index in [0.717, 1.165) is 12.0 Å². The molecule has 0 saturated carbocycles. The molecule has 0 fully saturated rings. The van der Waals surface area contributed by atoms with E-state index in [9.17, 15) is 4.79 Å². The van der Waals surface area contributed by atoms with Crippen LogP contribution in [0.1, 0.15) is 19.4 Å². The number of carboxylic acids is 1.